The molecule has 0 heterocycles. The maximum absolute atomic E-state index is 10.4. The van der Waals surface area contributed by atoms with Gasteiger partial charge in [0, 0.05) is 6.92 Å². The summed E-state index contributed by atoms with van der Waals surface area (Å²) in [5.74, 6) is 0.307. The molecule has 0 unspecified atom stereocenters. The molecule has 6 nitrogen and oxygen atoms in total. The first-order valence-corrected chi connectivity index (χ1v) is 5.12. The summed E-state index contributed by atoms with van der Waals surface area (Å²) in [7, 11) is -4.67. The molecule has 0 amide bonds. The molecule has 0 radical (unpaired) electrons. The van der Waals surface area contributed by atoms with E-state index in [-0.39, 0.29) is 5.97 Å². The standard InChI is InChI=1S/C8H8O2.H2O4S/c1-7(9)10-8-5-3-2-4-6-8;1-5(2,3)4/h2-6H,1H3;(H2,1,2,3,4). The number of hydrogen-bond acceptors (Lipinski definition) is 4. The van der Waals surface area contributed by atoms with E-state index in [9.17, 15) is 4.79 Å². The number of benzene rings is 1. The van der Waals surface area contributed by atoms with Gasteiger partial charge in [-0.1, -0.05) is 18.2 Å². The van der Waals surface area contributed by atoms with E-state index in [4.69, 9.17) is 22.3 Å². The van der Waals surface area contributed by atoms with Crippen molar-refractivity contribution < 1.29 is 27.1 Å². The third-order valence-electron chi connectivity index (χ3n) is 1.00. The van der Waals surface area contributed by atoms with E-state index in [1.807, 2.05) is 18.2 Å². The smallest absolute Gasteiger partial charge is 0.394 e. The van der Waals surface area contributed by atoms with E-state index in [2.05, 4.69) is 0 Å². The normalized spacial score (nSPS) is 9.80. The van der Waals surface area contributed by atoms with Gasteiger partial charge in [-0.2, -0.15) is 8.42 Å². The number of ether oxygens (including phenoxy) is 1. The lowest BCUT2D eigenvalue weighted by molar-refractivity contribution is -0.131. The number of carbonyl (C=O) groups excluding carboxylic acids is 1. The number of rotatable bonds is 1. The molecule has 0 fully saturated rings. The average molecular weight is 234 g/mol. The van der Waals surface area contributed by atoms with Crippen LogP contribution in [0, 0.1) is 0 Å². The summed E-state index contributed by atoms with van der Waals surface area (Å²) in [5, 5.41) is 0. The maximum atomic E-state index is 10.4. The zero-order valence-electron chi connectivity index (χ0n) is 7.82. The SMILES string of the molecule is CC(=O)Oc1ccccc1.O=S(=O)(O)O. The lowest BCUT2D eigenvalue weighted by atomic mass is 10.3. The second-order valence-corrected chi connectivity index (χ2v) is 3.25. The Hall–Kier alpha value is -1.44. The van der Waals surface area contributed by atoms with Crippen LogP contribution < -0.4 is 4.74 Å². The van der Waals surface area contributed by atoms with Crippen LogP contribution in [0.3, 0.4) is 0 Å². The fourth-order valence-electron chi connectivity index (χ4n) is 0.655. The molecule has 0 saturated heterocycles. The zero-order chi connectivity index (χ0) is 11.9. The van der Waals surface area contributed by atoms with Crippen molar-refractivity contribution in [3.05, 3.63) is 30.3 Å². The van der Waals surface area contributed by atoms with Gasteiger partial charge < -0.3 is 4.74 Å². The van der Waals surface area contributed by atoms with Crippen LogP contribution in [-0.4, -0.2) is 23.5 Å². The van der Waals surface area contributed by atoms with Gasteiger partial charge in [0.15, 0.2) is 0 Å². The summed E-state index contributed by atoms with van der Waals surface area (Å²) in [6, 6.07) is 8.98. The number of para-hydroxylation sites is 1. The fourth-order valence-corrected chi connectivity index (χ4v) is 0.655. The largest absolute Gasteiger partial charge is 0.427 e. The van der Waals surface area contributed by atoms with Crippen molar-refractivity contribution in [3.8, 4) is 5.75 Å². The van der Waals surface area contributed by atoms with Gasteiger partial charge in [-0.15, -0.1) is 0 Å². The molecule has 0 spiro atoms. The quantitative estimate of drug-likeness (QED) is 0.426. The van der Waals surface area contributed by atoms with Gasteiger partial charge in [-0.25, -0.2) is 0 Å². The van der Waals surface area contributed by atoms with Crippen LogP contribution in [0.5, 0.6) is 5.75 Å². The molecular formula is C8H10O6S. The lowest BCUT2D eigenvalue weighted by Gasteiger charge is -1.97. The van der Waals surface area contributed by atoms with Crippen LogP contribution in [0.4, 0.5) is 0 Å². The number of hydrogen-bond donors (Lipinski definition) is 2. The molecule has 0 aliphatic carbocycles. The van der Waals surface area contributed by atoms with E-state index in [0.29, 0.717) is 5.75 Å². The van der Waals surface area contributed by atoms with Gasteiger partial charge in [0.1, 0.15) is 5.75 Å². The molecule has 0 bridgehead atoms. The molecule has 7 heteroatoms. The molecule has 0 saturated carbocycles. The van der Waals surface area contributed by atoms with Crippen LogP contribution >= 0.6 is 0 Å². The summed E-state index contributed by atoms with van der Waals surface area (Å²) in [6.45, 7) is 1.38. The van der Waals surface area contributed by atoms with Gasteiger partial charge in [0.05, 0.1) is 0 Å². The zero-order valence-corrected chi connectivity index (χ0v) is 8.64. The summed E-state index contributed by atoms with van der Waals surface area (Å²) in [6.07, 6.45) is 0. The second-order valence-electron chi connectivity index (χ2n) is 2.35. The topological polar surface area (TPSA) is 101 Å². The Morgan fingerprint density at radius 3 is 1.93 bits per heavy atom. The van der Waals surface area contributed by atoms with Crippen LogP contribution in [0.25, 0.3) is 0 Å². The monoisotopic (exact) mass is 234 g/mol. The van der Waals surface area contributed by atoms with Crippen LogP contribution in [0.2, 0.25) is 0 Å². The minimum atomic E-state index is -4.67. The molecule has 1 rings (SSSR count). The Kier molecular flexibility index (Phi) is 5.53. The maximum Gasteiger partial charge on any atom is 0.394 e. The highest BCUT2D eigenvalue weighted by atomic mass is 32.3. The summed E-state index contributed by atoms with van der Waals surface area (Å²) in [5.41, 5.74) is 0. The third-order valence-corrected chi connectivity index (χ3v) is 1.00. The van der Waals surface area contributed by atoms with Crippen molar-refractivity contribution in [2.75, 3.05) is 0 Å². The van der Waals surface area contributed by atoms with E-state index in [1.165, 1.54) is 6.92 Å². The fraction of sp³-hybridized carbons (Fsp3) is 0.125. The summed E-state index contributed by atoms with van der Waals surface area (Å²) < 4.78 is 36.4. The predicted molar refractivity (Wildman–Crippen MR) is 51.9 cm³/mol. The summed E-state index contributed by atoms with van der Waals surface area (Å²) >= 11 is 0. The van der Waals surface area contributed by atoms with Crippen molar-refractivity contribution in [1.29, 1.82) is 0 Å². The predicted octanol–water partition coefficient (Wildman–Crippen LogP) is 0.959. The van der Waals surface area contributed by atoms with Gasteiger partial charge in [-0.05, 0) is 12.1 Å². The molecule has 2 N–H and O–H groups in total. The first kappa shape index (κ1) is 13.6. The molecule has 84 valence electrons. The Labute approximate surface area is 87.1 Å². The minimum absolute atomic E-state index is 0.286. The van der Waals surface area contributed by atoms with Crippen molar-refractivity contribution in [2.45, 2.75) is 6.92 Å². The Morgan fingerprint density at radius 1 is 1.20 bits per heavy atom. The highest BCUT2D eigenvalue weighted by molar-refractivity contribution is 7.79. The Balaban J connectivity index is 0.000000336. The van der Waals surface area contributed by atoms with Gasteiger partial charge >= 0.3 is 16.4 Å². The van der Waals surface area contributed by atoms with Crippen molar-refractivity contribution in [1.82, 2.24) is 0 Å². The molecule has 1 aromatic carbocycles. The third kappa shape index (κ3) is 12.6. The van der Waals surface area contributed by atoms with Gasteiger partial charge in [0.2, 0.25) is 0 Å². The molecular weight excluding hydrogens is 224 g/mol. The summed E-state index contributed by atoms with van der Waals surface area (Å²) in [4.78, 5) is 10.4. The first-order valence-electron chi connectivity index (χ1n) is 3.72. The van der Waals surface area contributed by atoms with E-state index >= 15 is 0 Å². The minimum Gasteiger partial charge on any atom is -0.427 e. The van der Waals surface area contributed by atoms with Gasteiger partial charge in [-0.3, -0.25) is 13.9 Å². The Bertz CT molecular complexity index is 388. The van der Waals surface area contributed by atoms with Crippen molar-refractivity contribution in [2.24, 2.45) is 0 Å². The molecule has 0 aliphatic heterocycles. The van der Waals surface area contributed by atoms with Crippen molar-refractivity contribution >= 4 is 16.4 Å². The van der Waals surface area contributed by atoms with Crippen LogP contribution in [-0.2, 0) is 15.2 Å². The number of carbonyl (C=O) groups is 1. The molecule has 0 aromatic heterocycles. The molecule has 1 aromatic rings. The number of esters is 1. The highest BCUT2D eigenvalue weighted by Crippen LogP contribution is 2.07. The van der Waals surface area contributed by atoms with E-state index in [0.717, 1.165) is 0 Å². The van der Waals surface area contributed by atoms with Crippen molar-refractivity contribution in [3.63, 3.8) is 0 Å². The highest BCUT2D eigenvalue weighted by Gasteiger charge is 1.92. The molecule has 15 heavy (non-hydrogen) atoms. The first-order chi connectivity index (χ1) is 6.79. The van der Waals surface area contributed by atoms with Crippen LogP contribution in [0.1, 0.15) is 6.92 Å². The molecule has 0 atom stereocenters. The lowest BCUT2D eigenvalue weighted by Crippen LogP contribution is -2.00. The molecule has 0 aliphatic rings. The van der Waals surface area contributed by atoms with E-state index in [1.54, 1.807) is 12.1 Å². The van der Waals surface area contributed by atoms with Crippen LogP contribution in [0.15, 0.2) is 30.3 Å². The second kappa shape index (κ2) is 6.12. The van der Waals surface area contributed by atoms with E-state index < -0.39 is 10.4 Å². The van der Waals surface area contributed by atoms with Gasteiger partial charge in [0.25, 0.3) is 0 Å². The average Bonchev–Trinajstić information content (AvgIpc) is 2.01. The Morgan fingerprint density at radius 2 is 1.60 bits per heavy atom.